The van der Waals surface area contributed by atoms with Crippen molar-refractivity contribution in [1.29, 1.82) is 0 Å². The van der Waals surface area contributed by atoms with Crippen LogP contribution >= 0.6 is 0 Å². The van der Waals surface area contributed by atoms with Gasteiger partial charge in [-0.1, -0.05) is 125 Å². The van der Waals surface area contributed by atoms with Gasteiger partial charge in [0.25, 0.3) is 0 Å². The van der Waals surface area contributed by atoms with Gasteiger partial charge in [-0.15, -0.1) is 12.1 Å². The third kappa shape index (κ3) is 5.63. The van der Waals surface area contributed by atoms with E-state index in [1.165, 1.54) is 61.2 Å². The summed E-state index contributed by atoms with van der Waals surface area (Å²) < 4.78 is 11.2. The van der Waals surface area contributed by atoms with Crippen molar-refractivity contribution < 1.29 is 25.8 Å². The summed E-state index contributed by atoms with van der Waals surface area (Å²) in [5, 5.41) is 6.24. The Morgan fingerprint density at radius 1 is 0.483 bits per heavy atom. The van der Waals surface area contributed by atoms with Gasteiger partial charge >= 0.3 is 21.1 Å². The van der Waals surface area contributed by atoms with Crippen LogP contribution in [0, 0.1) is 53.7 Å². The van der Waals surface area contributed by atoms with E-state index in [0.29, 0.717) is 11.5 Å². The van der Waals surface area contributed by atoms with E-state index in [1.54, 1.807) is 0 Å². The number of hydrogen-bond donors (Lipinski definition) is 0. The summed E-state index contributed by atoms with van der Waals surface area (Å²) in [4.78, 5) is 9.94. The number of ether oxygens (including phenoxy) is 1. The van der Waals surface area contributed by atoms with Crippen molar-refractivity contribution in [1.82, 2.24) is 18.8 Å². The minimum Gasteiger partial charge on any atom is -0.497 e. The largest absolute Gasteiger partial charge is 2.00 e. The fourth-order valence-electron chi connectivity index (χ4n) is 9.70. The van der Waals surface area contributed by atoms with Gasteiger partial charge < -0.3 is 13.5 Å². The van der Waals surface area contributed by atoms with Crippen LogP contribution in [0.3, 0.4) is 0 Å². The molecule has 5 nitrogen and oxygen atoms in total. The number of para-hydroxylation sites is 1. The standard InChI is InChI=1S/C54H40N4O.Pt/c1-31-12-9-13-32(2)48(31)42-24-25-46-51(52(42)50-35(5)16-11-17-36(50)6)41-23-21-38(29-44(41)53-55-26-27-57(46)53)59-37-20-22-39-40-18-7-8-19-45(40)58-47(30-56-54(58)43(39)28-37)49-33(3)14-10-15-34(49)4;/h7-27,30H,1-6H3;/q-2;+2. The molecule has 11 rings (SSSR count). The minimum absolute atomic E-state index is 0. The zero-order valence-corrected chi connectivity index (χ0v) is 36.5. The van der Waals surface area contributed by atoms with Gasteiger partial charge in [0.2, 0.25) is 0 Å². The third-order valence-corrected chi connectivity index (χ3v) is 12.3. The molecule has 0 amide bonds. The van der Waals surface area contributed by atoms with Crippen LogP contribution in [0.5, 0.6) is 11.5 Å². The number of nitrogens with zero attached hydrogens (tertiary/aromatic N) is 4. The first kappa shape index (κ1) is 37.7. The van der Waals surface area contributed by atoms with E-state index in [1.807, 2.05) is 24.5 Å². The molecule has 0 unspecified atom stereocenters. The summed E-state index contributed by atoms with van der Waals surface area (Å²) in [5.41, 5.74) is 18.5. The molecule has 0 fully saturated rings. The van der Waals surface area contributed by atoms with E-state index in [0.717, 1.165) is 60.3 Å². The molecule has 0 aliphatic carbocycles. The van der Waals surface area contributed by atoms with Crippen LogP contribution in [0.4, 0.5) is 0 Å². The van der Waals surface area contributed by atoms with Crippen molar-refractivity contribution >= 4 is 54.6 Å². The second kappa shape index (κ2) is 14.3. The average molecular weight is 956 g/mol. The number of rotatable bonds is 5. The van der Waals surface area contributed by atoms with Crippen molar-refractivity contribution in [2.45, 2.75) is 41.5 Å². The molecule has 60 heavy (non-hydrogen) atoms. The van der Waals surface area contributed by atoms with Crippen molar-refractivity contribution in [3.63, 3.8) is 0 Å². The fraction of sp³-hybridized carbons (Fsp3) is 0.111. The Bertz CT molecular complexity index is 3500. The fourth-order valence-corrected chi connectivity index (χ4v) is 9.70. The predicted molar refractivity (Wildman–Crippen MR) is 243 cm³/mol. The van der Waals surface area contributed by atoms with E-state index in [4.69, 9.17) is 14.7 Å². The van der Waals surface area contributed by atoms with Gasteiger partial charge in [-0.2, -0.15) is 0 Å². The first-order chi connectivity index (χ1) is 28.8. The van der Waals surface area contributed by atoms with Crippen molar-refractivity contribution in [2.75, 3.05) is 0 Å². The second-order valence-electron chi connectivity index (χ2n) is 15.9. The smallest absolute Gasteiger partial charge is 0.497 e. The Hall–Kier alpha value is -6.55. The summed E-state index contributed by atoms with van der Waals surface area (Å²) in [6.45, 7) is 13.2. The minimum atomic E-state index is 0. The maximum atomic E-state index is 6.72. The number of imidazole rings is 2. The van der Waals surface area contributed by atoms with Gasteiger partial charge in [-0.3, -0.25) is 9.97 Å². The zero-order chi connectivity index (χ0) is 40.1. The van der Waals surface area contributed by atoms with Crippen LogP contribution < -0.4 is 4.74 Å². The van der Waals surface area contributed by atoms with E-state index in [2.05, 4.69) is 172 Å². The Morgan fingerprint density at radius 3 is 1.73 bits per heavy atom. The summed E-state index contributed by atoms with van der Waals surface area (Å²) in [7, 11) is 0. The van der Waals surface area contributed by atoms with Crippen molar-refractivity contribution in [3.8, 4) is 45.0 Å². The summed E-state index contributed by atoms with van der Waals surface area (Å²) in [6.07, 6.45) is 5.92. The van der Waals surface area contributed by atoms with Crippen molar-refractivity contribution in [2.24, 2.45) is 0 Å². The number of fused-ring (bicyclic) bond motifs is 12. The number of aryl methyl sites for hydroxylation is 6. The summed E-state index contributed by atoms with van der Waals surface area (Å²) in [5.74, 6) is 1.18. The van der Waals surface area contributed by atoms with Gasteiger partial charge in [-0.05, 0) is 120 Å². The Balaban J connectivity index is 0.00000433. The van der Waals surface area contributed by atoms with Crippen LogP contribution in [0.15, 0.2) is 134 Å². The normalized spacial score (nSPS) is 11.7. The number of pyridine rings is 2. The summed E-state index contributed by atoms with van der Waals surface area (Å²) in [6, 6.07) is 48.4. The second-order valence-corrected chi connectivity index (χ2v) is 15.9. The molecule has 0 N–H and O–H groups in total. The van der Waals surface area contributed by atoms with Crippen LogP contribution in [0.2, 0.25) is 0 Å². The van der Waals surface area contributed by atoms with E-state index < -0.39 is 0 Å². The molecule has 0 aliphatic rings. The quantitative estimate of drug-likeness (QED) is 0.128. The molecule has 292 valence electrons. The number of aromatic nitrogens is 4. The molecule has 0 saturated heterocycles. The predicted octanol–water partition coefficient (Wildman–Crippen LogP) is 13.8. The van der Waals surface area contributed by atoms with Gasteiger partial charge in [0.15, 0.2) is 0 Å². The van der Waals surface area contributed by atoms with Crippen LogP contribution in [0.25, 0.3) is 88.2 Å². The van der Waals surface area contributed by atoms with E-state index in [9.17, 15) is 0 Å². The molecule has 11 aromatic rings. The maximum absolute atomic E-state index is 6.72. The molecule has 6 heteroatoms. The first-order valence-corrected chi connectivity index (χ1v) is 20.2. The van der Waals surface area contributed by atoms with Gasteiger partial charge in [0, 0.05) is 46.7 Å². The van der Waals surface area contributed by atoms with Gasteiger partial charge in [0.1, 0.15) is 0 Å². The van der Waals surface area contributed by atoms with E-state index in [-0.39, 0.29) is 21.1 Å². The SMILES string of the molecule is Cc1cccc(C)c1-c1ccc2c(c1-c1c(C)cccc1C)c1ccc(Oc3[c-]c4c(cc3)c3ccccc3n3c(-c5c(C)cccc5C)cnc43)[c-]c1c1nccn21.[Pt+2]. The zero-order valence-electron chi connectivity index (χ0n) is 34.2. The first-order valence-electron chi connectivity index (χ1n) is 20.2. The van der Waals surface area contributed by atoms with Crippen LogP contribution in [0.1, 0.15) is 33.4 Å². The third-order valence-electron chi connectivity index (χ3n) is 12.3. The van der Waals surface area contributed by atoms with Crippen molar-refractivity contribution in [3.05, 3.63) is 179 Å². The maximum Gasteiger partial charge on any atom is 2.00 e. The molecule has 7 aromatic carbocycles. The molecule has 4 aromatic heterocycles. The molecule has 0 bridgehead atoms. The molecule has 0 aliphatic heterocycles. The Morgan fingerprint density at radius 2 is 1.07 bits per heavy atom. The number of benzene rings is 7. The van der Waals surface area contributed by atoms with E-state index >= 15 is 0 Å². The molecule has 0 radical (unpaired) electrons. The topological polar surface area (TPSA) is 43.8 Å². The van der Waals surface area contributed by atoms with Gasteiger partial charge in [-0.25, -0.2) is 0 Å². The average Bonchev–Trinajstić information content (AvgIpc) is 3.91. The monoisotopic (exact) mass is 955 g/mol. The molecular formula is C54H40N4OPt. The molecule has 0 saturated carbocycles. The van der Waals surface area contributed by atoms with Gasteiger partial charge in [0.05, 0.1) is 17.0 Å². The summed E-state index contributed by atoms with van der Waals surface area (Å²) >= 11 is 0. The van der Waals surface area contributed by atoms with Crippen LogP contribution in [-0.2, 0) is 21.1 Å². The molecule has 4 heterocycles. The Kier molecular flexibility index (Phi) is 9.00. The van der Waals surface area contributed by atoms with Crippen LogP contribution in [-0.4, -0.2) is 18.8 Å². The molecular weight excluding hydrogens is 916 g/mol. The molecule has 0 spiro atoms. The number of hydrogen-bond acceptors (Lipinski definition) is 3. The Labute approximate surface area is 363 Å². The molecule has 0 atom stereocenters.